The summed E-state index contributed by atoms with van der Waals surface area (Å²) < 4.78 is 11.4. The summed E-state index contributed by atoms with van der Waals surface area (Å²) >= 11 is 0. The lowest BCUT2D eigenvalue weighted by atomic mass is 9.77. The Morgan fingerprint density at radius 1 is 1.09 bits per heavy atom. The van der Waals surface area contributed by atoms with Gasteiger partial charge in [0.15, 0.2) is 0 Å². The molecule has 0 aromatic heterocycles. The molecule has 4 nitrogen and oxygen atoms in total. The third-order valence-electron chi connectivity index (χ3n) is 4.76. The molecule has 1 aliphatic heterocycles. The quantitative estimate of drug-likeness (QED) is 0.400. The van der Waals surface area contributed by atoms with Gasteiger partial charge in [0.1, 0.15) is 5.91 Å². The van der Waals surface area contributed by atoms with E-state index in [1.165, 1.54) is 12.5 Å². The van der Waals surface area contributed by atoms with E-state index in [9.17, 15) is 0 Å². The van der Waals surface area contributed by atoms with Crippen molar-refractivity contribution in [3.05, 3.63) is 0 Å². The zero-order valence-electron chi connectivity index (χ0n) is 15.7. The first kappa shape index (κ1) is 20.1. The van der Waals surface area contributed by atoms with Crippen LogP contribution >= 0.6 is 0 Å². The normalized spacial score (nSPS) is 22.9. The van der Waals surface area contributed by atoms with Crippen molar-refractivity contribution in [1.29, 1.82) is 0 Å². The van der Waals surface area contributed by atoms with Crippen molar-refractivity contribution >= 4 is 9.52 Å². The zero-order valence-corrected chi connectivity index (χ0v) is 17.1. The molecule has 1 aliphatic rings. The second-order valence-electron chi connectivity index (χ2n) is 7.78. The van der Waals surface area contributed by atoms with Crippen LogP contribution in [-0.2, 0) is 9.47 Å². The molecule has 22 heavy (non-hydrogen) atoms. The highest BCUT2D eigenvalue weighted by molar-refractivity contribution is 6.36. The number of nitrogens with two attached hydrogens (primary N) is 1. The Kier molecular flexibility index (Phi) is 8.02. The van der Waals surface area contributed by atoms with Gasteiger partial charge < -0.3 is 15.2 Å². The first-order valence-corrected chi connectivity index (χ1v) is 10.8. The molecule has 1 rings (SSSR count). The lowest BCUT2D eigenvalue weighted by molar-refractivity contribution is -0.0829. The molecule has 0 bridgehead atoms. The van der Waals surface area contributed by atoms with E-state index in [1.54, 1.807) is 0 Å². The maximum absolute atomic E-state index is 6.26. The molecule has 1 heterocycles. The third-order valence-corrected chi connectivity index (χ3v) is 6.61. The molecule has 0 aliphatic carbocycles. The Bertz CT molecular complexity index is 300. The average Bonchev–Trinajstić information content (AvgIpc) is 2.35. The molecular weight excluding hydrogens is 292 g/mol. The van der Waals surface area contributed by atoms with Crippen molar-refractivity contribution in [3.63, 3.8) is 0 Å². The van der Waals surface area contributed by atoms with E-state index in [2.05, 4.69) is 32.6 Å². The molecule has 0 amide bonds. The fourth-order valence-electron chi connectivity index (χ4n) is 4.17. The van der Waals surface area contributed by atoms with E-state index in [0.717, 1.165) is 32.6 Å². The van der Waals surface area contributed by atoms with Gasteiger partial charge in [-0.15, -0.1) is 0 Å². The number of nitrogens with zero attached hydrogens (tertiary/aromatic N) is 1. The summed E-state index contributed by atoms with van der Waals surface area (Å²) in [6.07, 6.45) is 3.42. The number of hydrogen-bond acceptors (Lipinski definition) is 4. The molecule has 0 unspecified atom stereocenters. The summed E-state index contributed by atoms with van der Waals surface area (Å²) in [4.78, 5) is 2.67. The number of rotatable bonds is 9. The highest BCUT2D eigenvalue weighted by atomic mass is 28.2. The molecule has 0 radical (unpaired) electrons. The molecule has 132 valence electrons. The highest BCUT2D eigenvalue weighted by Crippen LogP contribution is 2.37. The van der Waals surface area contributed by atoms with Gasteiger partial charge in [-0.1, -0.05) is 6.04 Å². The molecule has 0 saturated carbocycles. The van der Waals surface area contributed by atoms with Crippen LogP contribution in [0.5, 0.6) is 0 Å². The minimum atomic E-state index is -0.322. The second kappa shape index (κ2) is 8.78. The maximum atomic E-state index is 6.26. The van der Waals surface area contributed by atoms with Gasteiger partial charge in [0.25, 0.3) is 0 Å². The molecule has 5 heteroatoms. The smallest absolute Gasteiger partial charge is 0.134 e. The van der Waals surface area contributed by atoms with E-state index < -0.39 is 0 Å². The third kappa shape index (κ3) is 5.93. The van der Waals surface area contributed by atoms with Crippen LogP contribution in [0.2, 0.25) is 6.04 Å². The van der Waals surface area contributed by atoms with Gasteiger partial charge in [0, 0.05) is 30.3 Å². The Hall–Kier alpha value is 0.0569. The summed E-state index contributed by atoms with van der Waals surface area (Å²) in [5.74, 6) is 0.103. The predicted octanol–water partition coefficient (Wildman–Crippen LogP) is 2.30. The predicted molar refractivity (Wildman–Crippen MR) is 97.1 cm³/mol. The fourth-order valence-corrected chi connectivity index (χ4v) is 5.82. The standard InChI is InChI=1S/C17H38N2O2Si/c1-7-20-15(21-8-2)22-11-9-10-19-16(3,4)12-14(18)13-17(19,5)6/h14-15H,7-13,18,22H2,1-6H3. The highest BCUT2D eigenvalue weighted by Gasteiger charge is 2.43. The topological polar surface area (TPSA) is 47.7 Å². The van der Waals surface area contributed by atoms with Crippen LogP contribution in [0.3, 0.4) is 0 Å². The van der Waals surface area contributed by atoms with E-state index in [0.29, 0.717) is 6.04 Å². The van der Waals surface area contributed by atoms with Crippen molar-refractivity contribution in [2.24, 2.45) is 5.73 Å². The summed E-state index contributed by atoms with van der Waals surface area (Å²) in [6.45, 7) is 16.1. The molecule has 2 N–H and O–H groups in total. The van der Waals surface area contributed by atoms with Crippen LogP contribution in [0.15, 0.2) is 0 Å². The van der Waals surface area contributed by atoms with Gasteiger partial charge in [-0.3, -0.25) is 4.90 Å². The number of likely N-dealkylation sites (tertiary alicyclic amines) is 1. The molecular formula is C17H38N2O2Si. The van der Waals surface area contributed by atoms with Gasteiger partial charge >= 0.3 is 0 Å². The largest absolute Gasteiger partial charge is 0.357 e. The van der Waals surface area contributed by atoms with Crippen LogP contribution in [0, 0.1) is 0 Å². The second-order valence-corrected chi connectivity index (χ2v) is 9.73. The summed E-state index contributed by atoms with van der Waals surface area (Å²) in [5.41, 5.74) is 6.65. The summed E-state index contributed by atoms with van der Waals surface area (Å²) in [5, 5.41) is 0. The van der Waals surface area contributed by atoms with Crippen molar-refractivity contribution in [1.82, 2.24) is 4.90 Å². The molecule has 0 atom stereocenters. The average molecular weight is 331 g/mol. The molecule has 1 saturated heterocycles. The lowest BCUT2D eigenvalue weighted by Gasteiger charge is -2.55. The summed E-state index contributed by atoms with van der Waals surface area (Å²) in [7, 11) is -0.322. The van der Waals surface area contributed by atoms with Crippen LogP contribution in [0.25, 0.3) is 0 Å². The SMILES string of the molecule is CCOC(OCC)[SiH2]CCCN1C(C)(C)CC(N)CC1(C)C. The fraction of sp³-hybridized carbons (Fsp3) is 1.00. The minimum absolute atomic E-state index is 0.103. The van der Waals surface area contributed by atoms with E-state index in [1.807, 2.05) is 13.8 Å². The van der Waals surface area contributed by atoms with Crippen LogP contribution in [0.4, 0.5) is 0 Å². The van der Waals surface area contributed by atoms with Crippen molar-refractivity contribution in [3.8, 4) is 0 Å². The lowest BCUT2D eigenvalue weighted by Crippen LogP contribution is -2.63. The monoisotopic (exact) mass is 330 g/mol. The maximum Gasteiger partial charge on any atom is 0.134 e. The van der Waals surface area contributed by atoms with E-state index in [-0.39, 0.29) is 26.5 Å². The van der Waals surface area contributed by atoms with Crippen molar-refractivity contribution < 1.29 is 9.47 Å². The Balaban J connectivity index is 2.45. The Morgan fingerprint density at radius 3 is 2.05 bits per heavy atom. The molecule has 0 aromatic rings. The Morgan fingerprint density at radius 2 is 1.59 bits per heavy atom. The molecule has 0 aromatic carbocycles. The minimum Gasteiger partial charge on any atom is -0.357 e. The van der Waals surface area contributed by atoms with Crippen LogP contribution in [0.1, 0.15) is 60.8 Å². The van der Waals surface area contributed by atoms with Gasteiger partial charge in [0.2, 0.25) is 0 Å². The van der Waals surface area contributed by atoms with Crippen molar-refractivity contribution in [2.75, 3.05) is 19.8 Å². The Labute approximate surface area is 139 Å². The van der Waals surface area contributed by atoms with Gasteiger partial charge in [-0.05, 0) is 67.3 Å². The number of hydrogen-bond donors (Lipinski definition) is 1. The zero-order chi connectivity index (χ0) is 16.8. The number of ether oxygens (including phenoxy) is 2. The molecule has 1 fully saturated rings. The summed E-state index contributed by atoms with van der Waals surface area (Å²) in [6, 6.07) is 1.61. The van der Waals surface area contributed by atoms with Gasteiger partial charge in [0.05, 0.1) is 9.52 Å². The van der Waals surface area contributed by atoms with Crippen molar-refractivity contribution in [2.45, 2.75) is 89.9 Å². The van der Waals surface area contributed by atoms with Gasteiger partial charge in [-0.2, -0.15) is 0 Å². The first-order valence-electron chi connectivity index (χ1n) is 8.99. The molecule has 0 spiro atoms. The van der Waals surface area contributed by atoms with Crippen LogP contribution in [-0.4, -0.2) is 57.2 Å². The van der Waals surface area contributed by atoms with Gasteiger partial charge in [-0.25, -0.2) is 0 Å². The van der Waals surface area contributed by atoms with E-state index in [4.69, 9.17) is 15.2 Å². The van der Waals surface area contributed by atoms with Crippen LogP contribution < -0.4 is 5.73 Å². The van der Waals surface area contributed by atoms with E-state index >= 15 is 0 Å². The first-order chi connectivity index (χ1) is 10.2. The number of piperidine rings is 1.